The van der Waals surface area contributed by atoms with Crippen LogP contribution in [0.3, 0.4) is 0 Å². The van der Waals surface area contributed by atoms with Crippen molar-refractivity contribution < 1.29 is 5.11 Å². The first kappa shape index (κ1) is 14.8. The van der Waals surface area contributed by atoms with Gasteiger partial charge in [-0.15, -0.1) is 0 Å². The zero-order valence-corrected chi connectivity index (χ0v) is 13.1. The second-order valence-corrected chi connectivity index (χ2v) is 7.42. The number of aliphatic hydroxyl groups is 1. The molecule has 3 aliphatic rings. The molecule has 1 aliphatic heterocycles. The molecule has 0 radical (unpaired) electrons. The van der Waals surface area contributed by atoms with Gasteiger partial charge < -0.3 is 10.4 Å². The fourth-order valence-corrected chi connectivity index (χ4v) is 4.01. The smallest absolute Gasteiger partial charge is 0.0614 e. The van der Waals surface area contributed by atoms with E-state index in [4.69, 9.17) is 0 Å². The summed E-state index contributed by atoms with van der Waals surface area (Å²) in [4.78, 5) is 5.25. The lowest BCUT2D eigenvalue weighted by Gasteiger charge is -2.40. The Hall–Kier alpha value is -0.160. The number of aliphatic hydroxyl groups excluding tert-OH is 1. The van der Waals surface area contributed by atoms with E-state index >= 15 is 0 Å². The molecule has 4 heteroatoms. The van der Waals surface area contributed by atoms with Gasteiger partial charge in [0.05, 0.1) is 6.61 Å². The highest BCUT2D eigenvalue weighted by Gasteiger charge is 2.43. The van der Waals surface area contributed by atoms with Gasteiger partial charge in [-0.05, 0) is 46.0 Å². The third kappa shape index (κ3) is 3.19. The molecule has 2 N–H and O–H groups in total. The second kappa shape index (κ2) is 5.91. The van der Waals surface area contributed by atoms with Gasteiger partial charge in [0.25, 0.3) is 0 Å². The molecule has 2 aliphatic carbocycles. The maximum absolute atomic E-state index is 9.83. The summed E-state index contributed by atoms with van der Waals surface area (Å²) >= 11 is 0. The maximum Gasteiger partial charge on any atom is 0.0614 e. The van der Waals surface area contributed by atoms with Crippen LogP contribution >= 0.6 is 0 Å². The highest BCUT2D eigenvalue weighted by molar-refractivity contribution is 5.03. The Morgan fingerprint density at radius 1 is 1.15 bits per heavy atom. The van der Waals surface area contributed by atoms with Crippen molar-refractivity contribution in [1.82, 2.24) is 15.1 Å². The first-order chi connectivity index (χ1) is 9.62. The molecule has 0 spiro atoms. The molecule has 0 aromatic rings. The average molecular weight is 281 g/mol. The summed E-state index contributed by atoms with van der Waals surface area (Å²) in [6, 6.07) is 2.05. The van der Waals surface area contributed by atoms with Crippen molar-refractivity contribution >= 4 is 0 Å². The molecule has 1 saturated heterocycles. The number of hydrogen-bond acceptors (Lipinski definition) is 4. The van der Waals surface area contributed by atoms with Crippen LogP contribution in [0.1, 0.15) is 46.0 Å². The molecule has 2 unspecified atom stereocenters. The molecule has 3 fully saturated rings. The quantitative estimate of drug-likeness (QED) is 0.790. The van der Waals surface area contributed by atoms with E-state index in [0.717, 1.165) is 12.8 Å². The van der Waals surface area contributed by atoms with Crippen LogP contribution in [0.2, 0.25) is 0 Å². The molecule has 4 nitrogen and oxygen atoms in total. The Morgan fingerprint density at radius 3 is 2.40 bits per heavy atom. The lowest BCUT2D eigenvalue weighted by atomic mass is 9.98. The molecule has 3 rings (SSSR count). The molecule has 20 heavy (non-hydrogen) atoms. The van der Waals surface area contributed by atoms with Gasteiger partial charge in [0, 0.05) is 49.8 Å². The van der Waals surface area contributed by atoms with Crippen LogP contribution in [0, 0.1) is 0 Å². The Balaban J connectivity index is 1.52. The van der Waals surface area contributed by atoms with Crippen LogP contribution in [0.25, 0.3) is 0 Å². The highest BCUT2D eigenvalue weighted by atomic mass is 16.3. The van der Waals surface area contributed by atoms with Gasteiger partial charge in [-0.3, -0.25) is 9.80 Å². The molecule has 0 aromatic heterocycles. The summed E-state index contributed by atoms with van der Waals surface area (Å²) < 4.78 is 0. The Morgan fingerprint density at radius 2 is 1.85 bits per heavy atom. The molecule has 0 aromatic carbocycles. The van der Waals surface area contributed by atoms with Crippen molar-refractivity contribution in [2.75, 3.05) is 32.8 Å². The predicted molar refractivity (Wildman–Crippen MR) is 81.9 cm³/mol. The van der Waals surface area contributed by atoms with Crippen LogP contribution in [-0.2, 0) is 0 Å². The van der Waals surface area contributed by atoms with Crippen molar-refractivity contribution in [3.63, 3.8) is 0 Å². The summed E-state index contributed by atoms with van der Waals surface area (Å²) in [5.74, 6) is 0. The monoisotopic (exact) mass is 281 g/mol. The van der Waals surface area contributed by atoms with Crippen LogP contribution in [0.5, 0.6) is 0 Å². The van der Waals surface area contributed by atoms with E-state index in [9.17, 15) is 5.11 Å². The normalized spacial score (nSPS) is 36.9. The van der Waals surface area contributed by atoms with Crippen molar-refractivity contribution in [2.24, 2.45) is 0 Å². The number of nitrogens with zero attached hydrogens (tertiary/aromatic N) is 2. The number of piperazine rings is 1. The SMILES string of the molecule is CC(C)N1CCN(C2CCC(CO)(NC3CC3)C2)CC1. The van der Waals surface area contributed by atoms with Crippen LogP contribution in [0.4, 0.5) is 0 Å². The average Bonchev–Trinajstić information content (AvgIpc) is 3.16. The van der Waals surface area contributed by atoms with E-state index in [0.29, 0.717) is 24.7 Å². The van der Waals surface area contributed by atoms with E-state index in [1.807, 2.05) is 0 Å². The number of hydrogen-bond donors (Lipinski definition) is 2. The number of rotatable bonds is 5. The molecular formula is C16H31N3O. The van der Waals surface area contributed by atoms with Crippen molar-refractivity contribution in [2.45, 2.75) is 69.6 Å². The Labute approximate surface area is 123 Å². The summed E-state index contributed by atoms with van der Waals surface area (Å²) in [5, 5.41) is 13.6. The summed E-state index contributed by atoms with van der Waals surface area (Å²) in [6.45, 7) is 9.71. The summed E-state index contributed by atoms with van der Waals surface area (Å²) in [5.41, 5.74) is 0.0288. The van der Waals surface area contributed by atoms with Crippen LogP contribution in [-0.4, -0.2) is 71.4 Å². The van der Waals surface area contributed by atoms with Gasteiger partial charge in [-0.25, -0.2) is 0 Å². The molecular weight excluding hydrogens is 250 g/mol. The molecule has 1 heterocycles. The van der Waals surface area contributed by atoms with Gasteiger partial charge in [-0.2, -0.15) is 0 Å². The van der Waals surface area contributed by atoms with E-state index in [2.05, 4.69) is 29.0 Å². The van der Waals surface area contributed by atoms with Gasteiger partial charge >= 0.3 is 0 Å². The largest absolute Gasteiger partial charge is 0.394 e. The van der Waals surface area contributed by atoms with Crippen LogP contribution < -0.4 is 5.32 Å². The first-order valence-electron chi connectivity index (χ1n) is 8.48. The van der Waals surface area contributed by atoms with E-state index in [1.165, 1.54) is 45.4 Å². The Bertz CT molecular complexity index is 324. The fraction of sp³-hybridized carbons (Fsp3) is 1.00. The second-order valence-electron chi connectivity index (χ2n) is 7.42. The van der Waals surface area contributed by atoms with Crippen molar-refractivity contribution in [3.8, 4) is 0 Å². The molecule has 0 amide bonds. The third-order valence-electron chi connectivity index (χ3n) is 5.57. The highest BCUT2D eigenvalue weighted by Crippen LogP contribution is 2.36. The maximum atomic E-state index is 9.83. The van der Waals surface area contributed by atoms with Gasteiger partial charge in [0.15, 0.2) is 0 Å². The topological polar surface area (TPSA) is 38.7 Å². The standard InChI is InChI=1S/C16H31N3O/c1-13(2)18-7-9-19(10-8-18)15-5-6-16(11-15,12-20)17-14-3-4-14/h13-15,17,20H,3-12H2,1-2H3. The number of nitrogens with one attached hydrogen (secondary N) is 1. The molecule has 0 bridgehead atoms. The molecule has 2 atom stereocenters. The predicted octanol–water partition coefficient (Wildman–Crippen LogP) is 1.05. The minimum atomic E-state index is 0.0288. The van der Waals surface area contributed by atoms with E-state index in [-0.39, 0.29) is 5.54 Å². The van der Waals surface area contributed by atoms with Crippen molar-refractivity contribution in [1.29, 1.82) is 0 Å². The summed E-state index contributed by atoms with van der Waals surface area (Å²) in [6.07, 6.45) is 6.15. The minimum absolute atomic E-state index is 0.0288. The zero-order chi connectivity index (χ0) is 14.2. The minimum Gasteiger partial charge on any atom is -0.394 e. The van der Waals surface area contributed by atoms with Gasteiger partial charge in [-0.1, -0.05) is 0 Å². The van der Waals surface area contributed by atoms with Gasteiger partial charge in [0.2, 0.25) is 0 Å². The lowest BCUT2D eigenvalue weighted by molar-refractivity contribution is 0.0728. The molecule has 116 valence electrons. The van der Waals surface area contributed by atoms with E-state index in [1.54, 1.807) is 0 Å². The third-order valence-corrected chi connectivity index (χ3v) is 5.57. The van der Waals surface area contributed by atoms with E-state index < -0.39 is 0 Å². The first-order valence-corrected chi connectivity index (χ1v) is 8.48. The molecule has 2 saturated carbocycles. The van der Waals surface area contributed by atoms with Gasteiger partial charge in [0.1, 0.15) is 0 Å². The lowest BCUT2D eigenvalue weighted by Crippen LogP contribution is -2.53. The van der Waals surface area contributed by atoms with Crippen molar-refractivity contribution in [3.05, 3.63) is 0 Å². The Kier molecular flexibility index (Phi) is 4.37. The zero-order valence-electron chi connectivity index (χ0n) is 13.1. The fourth-order valence-electron chi connectivity index (χ4n) is 4.01. The summed E-state index contributed by atoms with van der Waals surface area (Å²) in [7, 11) is 0. The van der Waals surface area contributed by atoms with Crippen LogP contribution in [0.15, 0.2) is 0 Å².